The lowest BCUT2D eigenvalue weighted by atomic mass is 10.3. The molecule has 3 aromatic rings. The summed E-state index contributed by atoms with van der Waals surface area (Å²) in [4.78, 5) is 16.1. The van der Waals surface area contributed by atoms with Gasteiger partial charge in [-0.15, -0.1) is 0 Å². The van der Waals surface area contributed by atoms with Crippen LogP contribution in [0.25, 0.3) is 11.1 Å². The minimum Gasteiger partial charge on any atom is -0.431 e. The van der Waals surface area contributed by atoms with Crippen LogP contribution >= 0.6 is 11.8 Å². The van der Waals surface area contributed by atoms with Gasteiger partial charge in [0, 0.05) is 18.2 Å². The highest BCUT2D eigenvalue weighted by atomic mass is 32.2. The number of oxazole rings is 1. The van der Waals surface area contributed by atoms with Gasteiger partial charge in [-0.1, -0.05) is 29.1 Å². The number of benzene rings is 1. The Morgan fingerprint density at radius 3 is 3.00 bits per heavy atom. The molecule has 6 nitrogen and oxygen atoms in total. The number of aryl methyl sites for hydroxylation is 1. The van der Waals surface area contributed by atoms with E-state index in [9.17, 15) is 4.79 Å². The van der Waals surface area contributed by atoms with E-state index in [1.54, 1.807) is 13.0 Å². The molecule has 0 aliphatic carbocycles. The molecule has 1 N–H and O–H groups in total. The summed E-state index contributed by atoms with van der Waals surface area (Å²) in [5.74, 6) is 1.55. The van der Waals surface area contributed by atoms with E-state index >= 15 is 0 Å². The summed E-state index contributed by atoms with van der Waals surface area (Å²) < 4.78 is 10.4. The summed E-state index contributed by atoms with van der Waals surface area (Å²) >= 11 is 1.41. The van der Waals surface area contributed by atoms with Crippen LogP contribution in [-0.4, -0.2) is 21.8 Å². The number of fused-ring (bicyclic) bond motifs is 1. The van der Waals surface area contributed by atoms with E-state index in [1.807, 2.05) is 24.3 Å². The lowest BCUT2D eigenvalue weighted by molar-refractivity contribution is -0.115. The maximum atomic E-state index is 11.7. The number of hydrogen-bond acceptors (Lipinski definition) is 6. The maximum absolute atomic E-state index is 11.7. The zero-order chi connectivity index (χ0) is 14.7. The molecule has 1 amide bonds. The van der Waals surface area contributed by atoms with Gasteiger partial charge in [-0.05, 0) is 19.1 Å². The highest BCUT2D eigenvalue weighted by Gasteiger charge is 2.09. The Bertz CT molecular complexity index is 733. The van der Waals surface area contributed by atoms with E-state index in [1.165, 1.54) is 11.8 Å². The number of carbonyl (C=O) groups excluding carboxylic acids is 1. The average Bonchev–Trinajstić information content (AvgIpc) is 3.04. The van der Waals surface area contributed by atoms with Gasteiger partial charge in [-0.2, -0.15) is 0 Å². The first kappa shape index (κ1) is 13.7. The summed E-state index contributed by atoms with van der Waals surface area (Å²) in [6.45, 7) is 1.77. The molecule has 0 saturated heterocycles. The minimum atomic E-state index is -0.119. The molecular weight excluding hydrogens is 290 g/mol. The molecule has 0 unspecified atom stereocenters. The Morgan fingerprint density at radius 1 is 1.38 bits per heavy atom. The number of aromatic nitrogens is 2. The maximum Gasteiger partial charge on any atom is 0.256 e. The van der Waals surface area contributed by atoms with Crippen LogP contribution in [0, 0.1) is 6.92 Å². The summed E-state index contributed by atoms with van der Waals surface area (Å²) in [6.07, 6.45) is 0.343. The molecule has 108 valence electrons. The number of hydrogen-bond donors (Lipinski definition) is 1. The number of anilines is 1. The first-order valence-electron chi connectivity index (χ1n) is 6.42. The number of para-hydroxylation sites is 2. The summed E-state index contributed by atoms with van der Waals surface area (Å²) in [6, 6.07) is 9.24. The fraction of sp³-hybridized carbons (Fsp3) is 0.214. The molecule has 0 aliphatic rings. The summed E-state index contributed by atoms with van der Waals surface area (Å²) in [5, 5.41) is 6.94. The highest BCUT2D eigenvalue weighted by molar-refractivity contribution is 7.99. The summed E-state index contributed by atoms with van der Waals surface area (Å²) in [5.41, 5.74) is 1.57. The largest absolute Gasteiger partial charge is 0.431 e. The fourth-order valence-corrected chi connectivity index (χ4v) is 2.55. The van der Waals surface area contributed by atoms with Gasteiger partial charge < -0.3 is 14.3 Å². The van der Waals surface area contributed by atoms with E-state index in [0.29, 0.717) is 29.0 Å². The van der Waals surface area contributed by atoms with Crippen molar-refractivity contribution >= 4 is 34.6 Å². The van der Waals surface area contributed by atoms with Crippen molar-refractivity contribution in [2.24, 2.45) is 0 Å². The molecule has 2 aromatic heterocycles. The zero-order valence-corrected chi connectivity index (χ0v) is 12.1. The van der Waals surface area contributed by atoms with Gasteiger partial charge in [-0.25, -0.2) is 4.98 Å². The number of rotatable bonds is 5. The van der Waals surface area contributed by atoms with Crippen LogP contribution in [-0.2, 0) is 4.79 Å². The van der Waals surface area contributed by atoms with Crippen LogP contribution in [0.2, 0.25) is 0 Å². The minimum absolute atomic E-state index is 0.119. The van der Waals surface area contributed by atoms with Crippen molar-refractivity contribution in [3.63, 3.8) is 0 Å². The van der Waals surface area contributed by atoms with Crippen molar-refractivity contribution in [3.8, 4) is 0 Å². The molecule has 0 aliphatic heterocycles. The van der Waals surface area contributed by atoms with Gasteiger partial charge >= 0.3 is 0 Å². The second kappa shape index (κ2) is 6.01. The molecule has 1 aromatic carbocycles. The third-order valence-electron chi connectivity index (χ3n) is 2.72. The van der Waals surface area contributed by atoms with Crippen molar-refractivity contribution in [1.82, 2.24) is 10.1 Å². The SMILES string of the molecule is Cc1cc(NC(=O)CCSc2nc3ccccc3o2)no1. The molecule has 0 atom stereocenters. The Kier molecular flexibility index (Phi) is 3.92. The lowest BCUT2D eigenvalue weighted by Gasteiger charge is -1.99. The van der Waals surface area contributed by atoms with Crippen molar-refractivity contribution in [2.75, 3.05) is 11.1 Å². The molecule has 0 radical (unpaired) electrons. The fourth-order valence-electron chi connectivity index (χ4n) is 1.77. The van der Waals surface area contributed by atoms with E-state index in [0.717, 1.165) is 11.1 Å². The van der Waals surface area contributed by atoms with Crippen LogP contribution < -0.4 is 5.32 Å². The van der Waals surface area contributed by atoms with E-state index in [-0.39, 0.29) is 5.91 Å². The Morgan fingerprint density at radius 2 is 2.24 bits per heavy atom. The molecular formula is C14H13N3O3S. The monoisotopic (exact) mass is 303 g/mol. The van der Waals surface area contributed by atoms with Gasteiger partial charge in [0.1, 0.15) is 11.3 Å². The number of amides is 1. The lowest BCUT2D eigenvalue weighted by Crippen LogP contribution is -2.12. The Labute approximate surface area is 124 Å². The predicted octanol–water partition coefficient (Wildman–Crippen LogP) is 3.25. The van der Waals surface area contributed by atoms with Crippen LogP contribution in [0.1, 0.15) is 12.2 Å². The van der Waals surface area contributed by atoms with Crippen molar-refractivity contribution in [2.45, 2.75) is 18.6 Å². The molecule has 0 fully saturated rings. The molecule has 7 heteroatoms. The van der Waals surface area contributed by atoms with Crippen molar-refractivity contribution < 1.29 is 13.7 Å². The quantitative estimate of drug-likeness (QED) is 0.729. The van der Waals surface area contributed by atoms with Gasteiger partial charge in [0.25, 0.3) is 5.22 Å². The molecule has 3 rings (SSSR count). The molecule has 21 heavy (non-hydrogen) atoms. The third-order valence-corrected chi connectivity index (χ3v) is 3.55. The second-order valence-electron chi connectivity index (χ2n) is 4.42. The van der Waals surface area contributed by atoms with Crippen molar-refractivity contribution in [3.05, 3.63) is 36.1 Å². The smallest absolute Gasteiger partial charge is 0.256 e. The molecule has 0 saturated carbocycles. The number of thioether (sulfide) groups is 1. The van der Waals surface area contributed by atoms with Gasteiger partial charge in [0.2, 0.25) is 5.91 Å². The number of nitrogens with one attached hydrogen (secondary N) is 1. The molecule has 2 heterocycles. The predicted molar refractivity (Wildman–Crippen MR) is 79.2 cm³/mol. The Balaban J connectivity index is 1.50. The first-order chi connectivity index (χ1) is 10.2. The van der Waals surface area contributed by atoms with Crippen LogP contribution in [0.3, 0.4) is 0 Å². The summed E-state index contributed by atoms with van der Waals surface area (Å²) in [7, 11) is 0. The van der Waals surface area contributed by atoms with Gasteiger partial charge in [-0.3, -0.25) is 4.79 Å². The normalized spacial score (nSPS) is 10.9. The number of carbonyl (C=O) groups is 1. The van der Waals surface area contributed by atoms with E-state index < -0.39 is 0 Å². The second-order valence-corrected chi connectivity index (χ2v) is 5.46. The molecule has 0 bridgehead atoms. The van der Waals surface area contributed by atoms with Crippen LogP contribution in [0.5, 0.6) is 0 Å². The number of nitrogens with zero attached hydrogens (tertiary/aromatic N) is 2. The highest BCUT2D eigenvalue weighted by Crippen LogP contribution is 2.23. The van der Waals surface area contributed by atoms with Gasteiger partial charge in [0.05, 0.1) is 0 Å². The van der Waals surface area contributed by atoms with Gasteiger partial charge in [0.15, 0.2) is 11.4 Å². The van der Waals surface area contributed by atoms with E-state index in [4.69, 9.17) is 8.94 Å². The van der Waals surface area contributed by atoms with Crippen molar-refractivity contribution in [1.29, 1.82) is 0 Å². The van der Waals surface area contributed by atoms with Crippen LogP contribution in [0.4, 0.5) is 5.82 Å². The standard InChI is InChI=1S/C14H13N3O3S/c1-9-8-12(17-20-9)16-13(18)6-7-21-14-15-10-4-2-3-5-11(10)19-14/h2-5,8H,6-7H2,1H3,(H,16,17,18). The Hall–Kier alpha value is -2.28. The van der Waals surface area contributed by atoms with Crippen LogP contribution in [0.15, 0.2) is 44.5 Å². The zero-order valence-electron chi connectivity index (χ0n) is 11.3. The average molecular weight is 303 g/mol. The first-order valence-corrected chi connectivity index (χ1v) is 7.41. The van der Waals surface area contributed by atoms with E-state index in [2.05, 4.69) is 15.5 Å². The third kappa shape index (κ3) is 3.43. The topological polar surface area (TPSA) is 81.2 Å². The molecule has 0 spiro atoms.